The number of nitrogens with one attached hydrogen (secondary N) is 1. The molecule has 0 aliphatic heterocycles. The van der Waals surface area contributed by atoms with Gasteiger partial charge >= 0.3 is 0 Å². The van der Waals surface area contributed by atoms with Crippen LogP contribution in [0.1, 0.15) is 63.3 Å². The summed E-state index contributed by atoms with van der Waals surface area (Å²) in [5.74, 6) is 0.962. The predicted molar refractivity (Wildman–Crippen MR) is 76.8 cm³/mol. The van der Waals surface area contributed by atoms with E-state index in [0.29, 0.717) is 0 Å². The fourth-order valence-electron chi connectivity index (χ4n) is 3.37. The van der Waals surface area contributed by atoms with E-state index in [1.807, 2.05) is 17.5 Å². The SMILES string of the molecule is CCCC1CCC(NC2CC2)(c2nccs2)CC1. The summed E-state index contributed by atoms with van der Waals surface area (Å²) < 4.78 is 0. The van der Waals surface area contributed by atoms with E-state index in [2.05, 4.69) is 22.6 Å². The van der Waals surface area contributed by atoms with Gasteiger partial charge in [0.15, 0.2) is 0 Å². The van der Waals surface area contributed by atoms with Crippen molar-refractivity contribution in [1.29, 1.82) is 0 Å². The Kier molecular flexibility index (Phi) is 3.71. The molecule has 0 saturated heterocycles. The second-order valence-corrected chi connectivity index (χ2v) is 6.96. The Hall–Kier alpha value is -0.410. The first kappa shape index (κ1) is 12.6. The average Bonchev–Trinajstić information content (AvgIpc) is 3.02. The first-order valence-electron chi connectivity index (χ1n) is 7.50. The van der Waals surface area contributed by atoms with Crippen LogP contribution in [0.25, 0.3) is 0 Å². The molecule has 2 fully saturated rings. The standard InChI is InChI=1S/C15H24N2S/c1-2-3-12-6-8-15(9-7-12,17-13-4-5-13)14-16-10-11-18-14/h10-13,17H,2-9H2,1H3. The molecule has 0 aromatic carbocycles. The molecule has 2 aliphatic rings. The van der Waals surface area contributed by atoms with Crippen molar-refractivity contribution in [1.82, 2.24) is 10.3 Å². The van der Waals surface area contributed by atoms with Crippen molar-refractivity contribution in [3.8, 4) is 0 Å². The van der Waals surface area contributed by atoms with Crippen LogP contribution in [0.2, 0.25) is 0 Å². The van der Waals surface area contributed by atoms with Crippen LogP contribution in [0.3, 0.4) is 0 Å². The molecule has 3 rings (SSSR count). The number of hydrogen-bond donors (Lipinski definition) is 1. The van der Waals surface area contributed by atoms with Gasteiger partial charge in [-0.25, -0.2) is 4.98 Å². The number of aromatic nitrogens is 1. The lowest BCUT2D eigenvalue weighted by molar-refractivity contribution is 0.179. The van der Waals surface area contributed by atoms with E-state index in [4.69, 9.17) is 0 Å². The first-order valence-corrected chi connectivity index (χ1v) is 8.38. The van der Waals surface area contributed by atoms with Gasteiger partial charge in [-0.2, -0.15) is 0 Å². The zero-order valence-electron chi connectivity index (χ0n) is 11.3. The molecule has 1 heterocycles. The maximum absolute atomic E-state index is 4.62. The van der Waals surface area contributed by atoms with E-state index in [1.165, 1.54) is 56.4 Å². The number of rotatable bonds is 5. The van der Waals surface area contributed by atoms with Gasteiger partial charge in [0.25, 0.3) is 0 Å². The summed E-state index contributed by atoms with van der Waals surface area (Å²) in [6.45, 7) is 2.31. The van der Waals surface area contributed by atoms with Gasteiger partial charge in [-0.15, -0.1) is 11.3 Å². The highest BCUT2D eigenvalue weighted by Crippen LogP contribution is 2.43. The third-order valence-electron chi connectivity index (χ3n) is 4.56. The Balaban J connectivity index is 1.71. The van der Waals surface area contributed by atoms with Crippen LogP contribution in [0.5, 0.6) is 0 Å². The molecule has 0 unspecified atom stereocenters. The molecule has 2 saturated carbocycles. The van der Waals surface area contributed by atoms with Crippen molar-refractivity contribution in [2.75, 3.05) is 0 Å². The maximum Gasteiger partial charge on any atom is 0.113 e. The van der Waals surface area contributed by atoms with Gasteiger partial charge in [-0.3, -0.25) is 0 Å². The maximum atomic E-state index is 4.62. The monoisotopic (exact) mass is 264 g/mol. The van der Waals surface area contributed by atoms with E-state index in [1.54, 1.807) is 0 Å². The molecule has 0 radical (unpaired) electrons. The van der Waals surface area contributed by atoms with Crippen LogP contribution in [0, 0.1) is 5.92 Å². The van der Waals surface area contributed by atoms with Crippen molar-refractivity contribution in [3.05, 3.63) is 16.6 Å². The molecule has 3 heteroatoms. The molecule has 2 nitrogen and oxygen atoms in total. The van der Waals surface area contributed by atoms with Crippen LogP contribution in [-0.2, 0) is 5.54 Å². The van der Waals surface area contributed by atoms with Crippen LogP contribution in [-0.4, -0.2) is 11.0 Å². The molecule has 0 amide bonds. The summed E-state index contributed by atoms with van der Waals surface area (Å²) in [7, 11) is 0. The zero-order chi connectivity index (χ0) is 12.4. The number of hydrogen-bond acceptors (Lipinski definition) is 3. The molecule has 0 atom stereocenters. The Morgan fingerprint density at radius 2 is 2.11 bits per heavy atom. The van der Waals surface area contributed by atoms with Crippen LogP contribution < -0.4 is 5.32 Å². The lowest BCUT2D eigenvalue weighted by Gasteiger charge is -2.40. The minimum absolute atomic E-state index is 0.222. The molecule has 1 aromatic rings. The summed E-state index contributed by atoms with van der Waals surface area (Å²) in [5.41, 5.74) is 0.222. The van der Waals surface area contributed by atoms with E-state index in [-0.39, 0.29) is 5.54 Å². The Labute approximate surface area is 114 Å². The third kappa shape index (κ3) is 2.62. The fourth-order valence-corrected chi connectivity index (χ4v) is 4.23. The second-order valence-electron chi connectivity index (χ2n) is 6.07. The largest absolute Gasteiger partial charge is 0.303 e. The lowest BCUT2D eigenvalue weighted by Crippen LogP contribution is -2.46. The fraction of sp³-hybridized carbons (Fsp3) is 0.800. The topological polar surface area (TPSA) is 24.9 Å². The summed E-state index contributed by atoms with van der Waals surface area (Å²) in [5, 5.41) is 7.39. The second kappa shape index (κ2) is 5.30. The molecule has 1 aromatic heterocycles. The predicted octanol–water partition coefficient (Wildman–Crippen LogP) is 4.08. The van der Waals surface area contributed by atoms with Gasteiger partial charge < -0.3 is 5.32 Å². The minimum Gasteiger partial charge on any atom is -0.303 e. The molecule has 100 valence electrons. The van der Waals surface area contributed by atoms with Gasteiger partial charge in [0.1, 0.15) is 5.01 Å². The van der Waals surface area contributed by atoms with Gasteiger partial charge in [-0.1, -0.05) is 19.8 Å². The van der Waals surface area contributed by atoms with E-state index < -0.39 is 0 Å². The van der Waals surface area contributed by atoms with Crippen molar-refractivity contribution in [2.24, 2.45) is 5.92 Å². The van der Waals surface area contributed by atoms with Crippen molar-refractivity contribution >= 4 is 11.3 Å². The van der Waals surface area contributed by atoms with Gasteiger partial charge in [0, 0.05) is 17.6 Å². The van der Waals surface area contributed by atoms with Gasteiger partial charge in [-0.05, 0) is 44.4 Å². The quantitative estimate of drug-likeness (QED) is 0.866. The van der Waals surface area contributed by atoms with Gasteiger partial charge in [0.2, 0.25) is 0 Å². The molecule has 0 spiro atoms. The first-order chi connectivity index (χ1) is 8.82. The number of thiazole rings is 1. The summed E-state index contributed by atoms with van der Waals surface area (Å²) >= 11 is 1.84. The van der Waals surface area contributed by atoms with E-state index in [0.717, 1.165) is 12.0 Å². The number of nitrogens with zero attached hydrogens (tertiary/aromatic N) is 1. The summed E-state index contributed by atoms with van der Waals surface area (Å²) in [6.07, 6.45) is 12.8. The Morgan fingerprint density at radius 3 is 2.67 bits per heavy atom. The molecule has 18 heavy (non-hydrogen) atoms. The molecule has 2 aliphatic carbocycles. The zero-order valence-corrected chi connectivity index (χ0v) is 12.1. The highest BCUT2D eigenvalue weighted by atomic mass is 32.1. The van der Waals surface area contributed by atoms with Crippen molar-refractivity contribution < 1.29 is 0 Å². The van der Waals surface area contributed by atoms with E-state index >= 15 is 0 Å². The molecular formula is C15H24N2S. The minimum atomic E-state index is 0.222. The Bertz CT molecular complexity index is 362. The highest BCUT2D eigenvalue weighted by molar-refractivity contribution is 7.09. The molecule has 1 N–H and O–H groups in total. The summed E-state index contributed by atoms with van der Waals surface area (Å²) in [6, 6.07) is 0.775. The summed E-state index contributed by atoms with van der Waals surface area (Å²) in [4.78, 5) is 4.62. The molecular weight excluding hydrogens is 240 g/mol. The smallest absolute Gasteiger partial charge is 0.113 e. The van der Waals surface area contributed by atoms with Crippen molar-refractivity contribution in [3.63, 3.8) is 0 Å². The van der Waals surface area contributed by atoms with Crippen LogP contribution in [0.4, 0.5) is 0 Å². The normalized spacial score (nSPS) is 32.6. The van der Waals surface area contributed by atoms with Crippen LogP contribution >= 0.6 is 11.3 Å². The Morgan fingerprint density at radius 1 is 1.33 bits per heavy atom. The van der Waals surface area contributed by atoms with Gasteiger partial charge in [0.05, 0.1) is 5.54 Å². The highest BCUT2D eigenvalue weighted by Gasteiger charge is 2.42. The molecule has 0 bridgehead atoms. The lowest BCUT2D eigenvalue weighted by atomic mass is 9.75. The van der Waals surface area contributed by atoms with E-state index in [9.17, 15) is 0 Å². The third-order valence-corrected chi connectivity index (χ3v) is 5.53. The average molecular weight is 264 g/mol. The van der Waals surface area contributed by atoms with Crippen LogP contribution in [0.15, 0.2) is 11.6 Å². The van der Waals surface area contributed by atoms with Crippen molar-refractivity contribution in [2.45, 2.75) is 69.9 Å².